The number of aromatic nitrogens is 1. The van der Waals surface area contributed by atoms with Gasteiger partial charge in [0, 0.05) is 36.7 Å². The lowest BCUT2D eigenvalue weighted by atomic mass is 9.97. The minimum Gasteiger partial charge on any atom is -0.449 e. The van der Waals surface area contributed by atoms with Crippen molar-refractivity contribution in [3.05, 3.63) is 53.1 Å². The molecule has 0 spiro atoms. The Morgan fingerprint density at radius 1 is 1.17 bits per heavy atom. The van der Waals surface area contributed by atoms with Crippen molar-refractivity contribution in [2.24, 2.45) is 5.92 Å². The Morgan fingerprint density at radius 2 is 1.83 bits per heavy atom. The first-order valence-corrected chi connectivity index (χ1v) is 10.6. The third kappa shape index (κ3) is 5.01. The molecule has 1 fully saturated rings. The number of hydrogen-bond acceptors (Lipinski definition) is 3. The maximum atomic E-state index is 13.3. The van der Waals surface area contributed by atoms with Gasteiger partial charge in [-0.3, -0.25) is 4.79 Å². The van der Waals surface area contributed by atoms with Gasteiger partial charge in [0.25, 0.3) is 5.91 Å². The van der Waals surface area contributed by atoms with Crippen molar-refractivity contribution in [3.63, 3.8) is 0 Å². The molecule has 2 amide bonds. The highest BCUT2D eigenvalue weighted by Gasteiger charge is 2.27. The zero-order chi connectivity index (χ0) is 21.7. The molecule has 6 nitrogen and oxygen atoms in total. The smallest absolute Gasteiger partial charge is 0.407 e. The van der Waals surface area contributed by atoms with Gasteiger partial charge < -0.3 is 19.5 Å². The first-order chi connectivity index (χ1) is 14.4. The number of nitrogens with zero attached hydrogens (tertiary/aromatic N) is 2. The Hall–Kier alpha value is -2.83. The lowest BCUT2D eigenvalue weighted by Crippen LogP contribution is -2.40. The van der Waals surface area contributed by atoms with Crippen LogP contribution in [-0.2, 0) is 4.74 Å². The van der Waals surface area contributed by atoms with E-state index in [4.69, 9.17) is 4.74 Å². The van der Waals surface area contributed by atoms with E-state index in [0.717, 1.165) is 36.3 Å². The number of benzene rings is 1. The van der Waals surface area contributed by atoms with E-state index in [1.807, 2.05) is 36.3 Å². The van der Waals surface area contributed by atoms with Gasteiger partial charge >= 0.3 is 6.09 Å². The Morgan fingerprint density at radius 3 is 2.47 bits per heavy atom. The number of likely N-dealkylation sites (tertiary alicyclic amines) is 1. The monoisotopic (exact) mass is 415 g/mol. The summed E-state index contributed by atoms with van der Waals surface area (Å²) in [6.07, 6.45) is 2.12. The van der Waals surface area contributed by atoms with Crippen LogP contribution in [0.3, 0.4) is 0 Å². The minimum absolute atomic E-state index is 0.0107. The summed E-state index contributed by atoms with van der Waals surface area (Å²) in [6.45, 7) is 8.13. The molecule has 7 heteroatoms. The highest BCUT2D eigenvalue weighted by atomic mass is 19.1. The second-order valence-electron chi connectivity index (χ2n) is 7.86. The fourth-order valence-electron chi connectivity index (χ4n) is 3.91. The van der Waals surface area contributed by atoms with Crippen LogP contribution in [0, 0.1) is 25.6 Å². The summed E-state index contributed by atoms with van der Waals surface area (Å²) in [5.41, 5.74) is 3.29. The zero-order valence-corrected chi connectivity index (χ0v) is 17.9. The van der Waals surface area contributed by atoms with E-state index in [1.165, 1.54) is 12.1 Å². The van der Waals surface area contributed by atoms with Gasteiger partial charge in [-0.2, -0.15) is 0 Å². The molecular weight excluding hydrogens is 385 g/mol. The van der Waals surface area contributed by atoms with Crippen molar-refractivity contribution in [2.45, 2.75) is 40.0 Å². The van der Waals surface area contributed by atoms with E-state index in [1.54, 1.807) is 12.1 Å². The van der Waals surface area contributed by atoms with Crippen LogP contribution in [0.1, 0.15) is 47.9 Å². The topological polar surface area (TPSA) is 63.6 Å². The van der Waals surface area contributed by atoms with Crippen molar-refractivity contribution in [2.75, 3.05) is 26.2 Å². The molecule has 1 aliphatic heterocycles. The number of amides is 2. The summed E-state index contributed by atoms with van der Waals surface area (Å²) in [5.74, 6) is -0.00296. The van der Waals surface area contributed by atoms with Crippen LogP contribution in [0.25, 0.3) is 5.69 Å². The van der Waals surface area contributed by atoms with E-state index in [2.05, 4.69) is 5.32 Å². The molecule has 0 bridgehead atoms. The molecule has 0 atom stereocenters. The summed E-state index contributed by atoms with van der Waals surface area (Å²) < 4.78 is 20.5. The number of hydrogen-bond donors (Lipinski definition) is 1. The summed E-state index contributed by atoms with van der Waals surface area (Å²) in [6, 6.07) is 8.17. The number of piperidine rings is 1. The second-order valence-corrected chi connectivity index (χ2v) is 7.86. The average Bonchev–Trinajstić information content (AvgIpc) is 3.05. The number of aryl methyl sites for hydroxylation is 1. The molecule has 1 aromatic carbocycles. The molecule has 0 radical (unpaired) electrons. The lowest BCUT2D eigenvalue weighted by Gasteiger charge is -2.31. The standard InChI is InChI=1S/C23H30FN3O3/c1-4-11-25-23(29)30-15-18-9-12-26(13-10-18)22(28)21-14-16(2)27(17(21)3)20-7-5-19(24)6-8-20/h5-8,14,18H,4,9-13,15H2,1-3H3,(H,25,29). The maximum absolute atomic E-state index is 13.3. The summed E-state index contributed by atoms with van der Waals surface area (Å²) in [5, 5.41) is 2.70. The van der Waals surface area contributed by atoms with Crippen molar-refractivity contribution in [3.8, 4) is 5.69 Å². The summed E-state index contributed by atoms with van der Waals surface area (Å²) in [7, 11) is 0. The van der Waals surface area contributed by atoms with Crippen molar-refractivity contribution < 1.29 is 18.7 Å². The Bertz CT molecular complexity index is 884. The molecule has 162 valence electrons. The van der Waals surface area contributed by atoms with Crippen LogP contribution in [0.15, 0.2) is 30.3 Å². The molecule has 3 rings (SSSR count). The largest absolute Gasteiger partial charge is 0.449 e. The molecule has 0 saturated carbocycles. The predicted octanol–water partition coefficient (Wildman–Crippen LogP) is 4.22. The molecule has 1 N–H and O–H groups in total. The first-order valence-electron chi connectivity index (χ1n) is 10.6. The minimum atomic E-state index is -0.372. The summed E-state index contributed by atoms with van der Waals surface area (Å²) in [4.78, 5) is 26.6. The highest BCUT2D eigenvalue weighted by Crippen LogP contribution is 2.25. The van der Waals surface area contributed by atoms with Crippen LogP contribution in [-0.4, -0.2) is 47.7 Å². The van der Waals surface area contributed by atoms with Crippen molar-refractivity contribution >= 4 is 12.0 Å². The van der Waals surface area contributed by atoms with E-state index in [0.29, 0.717) is 31.8 Å². The van der Waals surface area contributed by atoms with E-state index in [9.17, 15) is 14.0 Å². The molecular formula is C23H30FN3O3. The number of halogens is 1. The molecule has 1 aromatic heterocycles. The molecule has 1 saturated heterocycles. The van der Waals surface area contributed by atoms with Crippen LogP contribution in [0.2, 0.25) is 0 Å². The molecule has 2 heterocycles. The number of carbonyl (C=O) groups is 2. The molecule has 0 unspecified atom stereocenters. The SMILES string of the molecule is CCCNC(=O)OCC1CCN(C(=O)c2cc(C)n(-c3ccc(F)cc3)c2C)CC1. The van der Waals surface area contributed by atoms with Gasteiger partial charge in [-0.05, 0) is 69.4 Å². The number of nitrogens with one attached hydrogen (secondary N) is 1. The van der Waals surface area contributed by atoms with E-state index >= 15 is 0 Å². The van der Waals surface area contributed by atoms with Gasteiger partial charge in [0.2, 0.25) is 0 Å². The fourth-order valence-corrected chi connectivity index (χ4v) is 3.91. The number of rotatable bonds is 6. The van der Waals surface area contributed by atoms with Gasteiger partial charge in [0.05, 0.1) is 12.2 Å². The number of ether oxygens (including phenoxy) is 1. The van der Waals surface area contributed by atoms with Crippen molar-refractivity contribution in [1.29, 1.82) is 0 Å². The normalized spacial score (nSPS) is 14.6. The molecule has 0 aliphatic carbocycles. The Balaban J connectivity index is 1.60. The first kappa shape index (κ1) is 21.9. The molecule has 2 aromatic rings. The third-order valence-electron chi connectivity index (χ3n) is 5.62. The quantitative estimate of drug-likeness (QED) is 0.768. The van der Waals surface area contributed by atoms with Crippen molar-refractivity contribution in [1.82, 2.24) is 14.8 Å². The predicted molar refractivity (Wildman–Crippen MR) is 113 cm³/mol. The van der Waals surface area contributed by atoms with Crippen LogP contribution >= 0.6 is 0 Å². The van der Waals surface area contributed by atoms with Gasteiger partial charge in [-0.25, -0.2) is 9.18 Å². The number of alkyl carbamates (subject to hydrolysis) is 1. The highest BCUT2D eigenvalue weighted by molar-refractivity contribution is 5.96. The van der Waals surface area contributed by atoms with Gasteiger partial charge in [-0.1, -0.05) is 6.92 Å². The zero-order valence-electron chi connectivity index (χ0n) is 17.9. The maximum Gasteiger partial charge on any atom is 0.407 e. The van der Waals surface area contributed by atoms with Gasteiger partial charge in [0.1, 0.15) is 5.82 Å². The van der Waals surface area contributed by atoms with Gasteiger partial charge in [0.15, 0.2) is 0 Å². The van der Waals surface area contributed by atoms with Crippen LogP contribution in [0.4, 0.5) is 9.18 Å². The van der Waals surface area contributed by atoms with Gasteiger partial charge in [-0.15, -0.1) is 0 Å². The van der Waals surface area contributed by atoms with Crippen LogP contribution < -0.4 is 5.32 Å². The Labute approximate surface area is 177 Å². The summed E-state index contributed by atoms with van der Waals surface area (Å²) >= 11 is 0. The number of carbonyl (C=O) groups excluding carboxylic acids is 2. The van der Waals surface area contributed by atoms with E-state index in [-0.39, 0.29) is 23.7 Å². The molecule has 30 heavy (non-hydrogen) atoms. The fraction of sp³-hybridized carbons (Fsp3) is 0.478. The third-order valence-corrected chi connectivity index (χ3v) is 5.62. The van der Waals surface area contributed by atoms with E-state index < -0.39 is 0 Å². The molecule has 1 aliphatic rings. The lowest BCUT2D eigenvalue weighted by molar-refractivity contribution is 0.0619. The van der Waals surface area contributed by atoms with Crippen LogP contribution in [0.5, 0.6) is 0 Å². The second kappa shape index (κ2) is 9.78. The Kier molecular flexibility index (Phi) is 7.13. The average molecular weight is 416 g/mol.